The Morgan fingerprint density at radius 3 is 2.73 bits per heavy atom. The van der Waals surface area contributed by atoms with Crippen LogP contribution in [0.5, 0.6) is 0 Å². The van der Waals surface area contributed by atoms with Crippen LogP contribution in [-0.2, 0) is 14.8 Å². The molecule has 0 aromatic carbocycles. The zero-order valence-corrected chi connectivity index (χ0v) is 14.0. The first-order chi connectivity index (χ1) is 10.5. The van der Waals surface area contributed by atoms with Crippen LogP contribution in [0.2, 0.25) is 0 Å². The first-order valence-corrected chi connectivity index (χ1v) is 10.2. The molecule has 2 aliphatic heterocycles. The normalized spacial score (nSPS) is 32.0. The molecule has 1 aromatic heterocycles. The van der Waals surface area contributed by atoms with Gasteiger partial charge in [-0.25, -0.2) is 8.42 Å². The van der Waals surface area contributed by atoms with Crippen molar-refractivity contribution in [1.29, 1.82) is 0 Å². The Bertz CT molecular complexity index is 680. The fourth-order valence-electron chi connectivity index (χ4n) is 3.91. The van der Waals surface area contributed by atoms with Crippen molar-refractivity contribution < 1.29 is 13.2 Å². The van der Waals surface area contributed by atoms with Gasteiger partial charge in [-0.05, 0) is 42.5 Å². The van der Waals surface area contributed by atoms with Gasteiger partial charge >= 0.3 is 0 Å². The fraction of sp³-hybridized carbons (Fsp3) is 0.667. The molecule has 1 aromatic rings. The standard InChI is InChI=1S/C15H20N2O3S2/c18-14(16-6-1-2-7-16)12-10-15(12)5-8-17(11-15)22(19,20)13-4-3-9-21-13/h3-4,9,12H,1-2,5-8,10-11H2/t12-,15+/m1/s1. The summed E-state index contributed by atoms with van der Waals surface area (Å²) < 4.78 is 27.2. The summed E-state index contributed by atoms with van der Waals surface area (Å²) in [4.78, 5) is 14.5. The largest absolute Gasteiger partial charge is 0.342 e. The molecule has 0 radical (unpaired) electrons. The van der Waals surface area contributed by atoms with E-state index in [-0.39, 0.29) is 17.2 Å². The summed E-state index contributed by atoms with van der Waals surface area (Å²) in [5.41, 5.74) is -0.0794. The summed E-state index contributed by atoms with van der Waals surface area (Å²) >= 11 is 1.26. The van der Waals surface area contributed by atoms with E-state index in [2.05, 4.69) is 0 Å². The van der Waals surface area contributed by atoms with Crippen molar-refractivity contribution in [2.24, 2.45) is 11.3 Å². The molecule has 0 unspecified atom stereocenters. The van der Waals surface area contributed by atoms with Gasteiger partial charge in [0.05, 0.1) is 0 Å². The first kappa shape index (κ1) is 14.7. The van der Waals surface area contributed by atoms with E-state index in [1.54, 1.807) is 21.8 Å². The van der Waals surface area contributed by atoms with Gasteiger partial charge in [0.1, 0.15) is 4.21 Å². The third-order valence-electron chi connectivity index (χ3n) is 5.35. The van der Waals surface area contributed by atoms with Crippen molar-refractivity contribution in [2.75, 3.05) is 26.2 Å². The minimum absolute atomic E-state index is 0.0501. The minimum atomic E-state index is -3.37. The lowest BCUT2D eigenvalue weighted by Crippen LogP contribution is -2.32. The smallest absolute Gasteiger partial charge is 0.252 e. The summed E-state index contributed by atoms with van der Waals surface area (Å²) in [6.45, 7) is 2.81. The molecule has 22 heavy (non-hydrogen) atoms. The summed E-state index contributed by atoms with van der Waals surface area (Å²) in [5.74, 6) is 0.307. The number of likely N-dealkylation sites (tertiary alicyclic amines) is 1. The summed E-state index contributed by atoms with van der Waals surface area (Å²) in [6.07, 6.45) is 3.88. The van der Waals surface area contributed by atoms with Crippen LogP contribution in [0, 0.1) is 11.3 Å². The molecule has 3 heterocycles. The van der Waals surface area contributed by atoms with Gasteiger partial charge < -0.3 is 4.90 Å². The van der Waals surface area contributed by atoms with Crippen molar-refractivity contribution in [1.82, 2.24) is 9.21 Å². The molecule has 2 saturated heterocycles. The highest BCUT2D eigenvalue weighted by Crippen LogP contribution is 2.59. The quantitative estimate of drug-likeness (QED) is 0.843. The van der Waals surface area contributed by atoms with Crippen molar-refractivity contribution >= 4 is 27.3 Å². The second-order valence-corrected chi connectivity index (χ2v) is 9.78. The Balaban J connectivity index is 1.46. The van der Waals surface area contributed by atoms with Gasteiger partial charge in [-0.3, -0.25) is 4.79 Å². The summed E-state index contributed by atoms with van der Waals surface area (Å²) in [6, 6.07) is 3.42. The van der Waals surface area contributed by atoms with Crippen LogP contribution in [0.4, 0.5) is 0 Å². The highest BCUT2D eigenvalue weighted by Gasteiger charge is 2.63. The maximum atomic E-state index is 12.6. The Labute approximate surface area is 135 Å². The fourth-order valence-corrected chi connectivity index (χ4v) is 6.59. The molecule has 7 heteroatoms. The van der Waals surface area contributed by atoms with E-state index in [1.165, 1.54) is 11.3 Å². The Morgan fingerprint density at radius 2 is 2.05 bits per heavy atom. The van der Waals surface area contributed by atoms with E-state index in [0.717, 1.165) is 38.8 Å². The van der Waals surface area contributed by atoms with E-state index in [9.17, 15) is 13.2 Å². The number of thiophene rings is 1. The van der Waals surface area contributed by atoms with Crippen LogP contribution in [0.25, 0.3) is 0 Å². The van der Waals surface area contributed by atoms with Gasteiger partial charge in [-0.2, -0.15) is 4.31 Å². The monoisotopic (exact) mass is 340 g/mol. The second-order valence-electron chi connectivity index (χ2n) is 6.67. The third-order valence-corrected chi connectivity index (χ3v) is 8.56. The molecule has 1 spiro atoms. The maximum Gasteiger partial charge on any atom is 0.252 e. The first-order valence-electron chi connectivity index (χ1n) is 7.85. The van der Waals surface area contributed by atoms with Crippen LogP contribution in [-0.4, -0.2) is 49.7 Å². The molecule has 0 N–H and O–H groups in total. The molecule has 120 valence electrons. The third kappa shape index (κ3) is 2.21. The van der Waals surface area contributed by atoms with E-state index < -0.39 is 10.0 Å². The van der Waals surface area contributed by atoms with Crippen LogP contribution < -0.4 is 0 Å². The number of amides is 1. The average molecular weight is 340 g/mol. The number of sulfonamides is 1. The van der Waals surface area contributed by atoms with Gasteiger partial charge in [0, 0.05) is 32.1 Å². The molecular weight excluding hydrogens is 320 g/mol. The summed E-state index contributed by atoms with van der Waals surface area (Å²) in [7, 11) is -3.37. The van der Waals surface area contributed by atoms with Crippen LogP contribution >= 0.6 is 11.3 Å². The number of hydrogen-bond donors (Lipinski definition) is 0. The number of hydrogen-bond acceptors (Lipinski definition) is 4. The molecule has 5 nitrogen and oxygen atoms in total. The van der Waals surface area contributed by atoms with Crippen LogP contribution in [0.3, 0.4) is 0 Å². The van der Waals surface area contributed by atoms with Gasteiger partial charge in [-0.1, -0.05) is 6.07 Å². The van der Waals surface area contributed by atoms with E-state index in [4.69, 9.17) is 0 Å². The number of nitrogens with zero attached hydrogens (tertiary/aromatic N) is 2. The lowest BCUT2D eigenvalue weighted by Gasteiger charge is -2.18. The van der Waals surface area contributed by atoms with Crippen molar-refractivity contribution in [3.05, 3.63) is 17.5 Å². The molecule has 4 rings (SSSR count). The lowest BCUT2D eigenvalue weighted by atomic mass is 10.0. The van der Waals surface area contributed by atoms with E-state index in [0.29, 0.717) is 17.3 Å². The average Bonchev–Trinajstić information content (AvgIpc) is 3.03. The Hall–Kier alpha value is -0.920. The minimum Gasteiger partial charge on any atom is -0.342 e. The SMILES string of the molecule is O=C([C@H]1C[C@]12CCN(S(=O)(=O)c1cccs1)C2)N1CCCC1. The van der Waals surface area contributed by atoms with Crippen LogP contribution in [0.15, 0.2) is 21.7 Å². The van der Waals surface area contributed by atoms with Gasteiger partial charge in [0.15, 0.2) is 0 Å². The van der Waals surface area contributed by atoms with Crippen molar-refractivity contribution in [3.8, 4) is 0 Å². The van der Waals surface area contributed by atoms with Crippen molar-refractivity contribution in [2.45, 2.75) is 29.9 Å². The van der Waals surface area contributed by atoms with Gasteiger partial charge in [0.25, 0.3) is 10.0 Å². The number of rotatable bonds is 3. The molecular formula is C15H20N2O3S2. The maximum absolute atomic E-state index is 12.6. The van der Waals surface area contributed by atoms with Crippen molar-refractivity contribution in [3.63, 3.8) is 0 Å². The highest BCUT2D eigenvalue weighted by molar-refractivity contribution is 7.91. The summed E-state index contributed by atoms with van der Waals surface area (Å²) in [5, 5.41) is 1.79. The Kier molecular flexibility index (Phi) is 3.36. The van der Waals surface area contributed by atoms with Gasteiger partial charge in [0.2, 0.25) is 5.91 Å². The number of carbonyl (C=O) groups is 1. The molecule has 2 atom stereocenters. The van der Waals surface area contributed by atoms with E-state index >= 15 is 0 Å². The number of carbonyl (C=O) groups excluding carboxylic acids is 1. The molecule has 1 aliphatic carbocycles. The molecule has 3 fully saturated rings. The zero-order chi connectivity index (χ0) is 15.4. The predicted molar refractivity (Wildman–Crippen MR) is 84.0 cm³/mol. The zero-order valence-electron chi connectivity index (χ0n) is 12.4. The van der Waals surface area contributed by atoms with Gasteiger partial charge in [-0.15, -0.1) is 11.3 Å². The molecule has 0 bridgehead atoms. The predicted octanol–water partition coefficient (Wildman–Crippen LogP) is 1.77. The molecule has 1 amide bonds. The Morgan fingerprint density at radius 1 is 1.27 bits per heavy atom. The lowest BCUT2D eigenvalue weighted by molar-refractivity contribution is -0.132. The highest BCUT2D eigenvalue weighted by atomic mass is 32.2. The molecule has 1 saturated carbocycles. The molecule has 3 aliphatic rings. The topological polar surface area (TPSA) is 57.7 Å². The van der Waals surface area contributed by atoms with E-state index in [1.807, 2.05) is 4.90 Å². The van der Waals surface area contributed by atoms with Crippen LogP contribution in [0.1, 0.15) is 25.7 Å². The second kappa shape index (κ2) is 5.04.